The van der Waals surface area contributed by atoms with E-state index in [4.69, 9.17) is 6.92 Å². The lowest BCUT2D eigenvalue weighted by Crippen LogP contribution is -2.09. The van der Waals surface area contributed by atoms with Crippen LogP contribution in [-0.2, 0) is 9.53 Å². The Morgan fingerprint density at radius 3 is 2.71 bits per heavy atom. The highest BCUT2D eigenvalue weighted by molar-refractivity contribution is 5.95. The highest BCUT2D eigenvalue weighted by Gasteiger charge is 2.13. The molecule has 2 heteroatoms. The van der Waals surface area contributed by atoms with Crippen molar-refractivity contribution in [2.24, 2.45) is 0 Å². The average molecular weight is 96.1 g/mol. The quantitative estimate of drug-likeness (QED) is 0.430. The van der Waals surface area contributed by atoms with Gasteiger partial charge in [-0.25, -0.2) is 0 Å². The molecule has 0 saturated carbocycles. The molecule has 1 atom stereocenters. The number of carbonyl (C=O) groups excluding carboxylic acids is 1. The Morgan fingerprint density at radius 2 is 2.57 bits per heavy atom. The molecule has 1 aliphatic heterocycles. The van der Waals surface area contributed by atoms with Crippen LogP contribution in [0.4, 0.5) is 0 Å². The first-order valence-electron chi connectivity index (χ1n) is 1.92. The summed E-state index contributed by atoms with van der Waals surface area (Å²) in [5.74, 6) is -0.167. The lowest BCUT2D eigenvalue weighted by Gasteiger charge is -1.95. The first-order chi connectivity index (χ1) is 3.30. The van der Waals surface area contributed by atoms with Crippen LogP contribution in [0.3, 0.4) is 0 Å². The van der Waals surface area contributed by atoms with Gasteiger partial charge in [-0.15, -0.1) is 0 Å². The van der Waals surface area contributed by atoms with E-state index in [2.05, 4.69) is 4.74 Å². The minimum Gasteiger partial charge on any atom is -0.489 e. The molecule has 0 amide bonds. The molecule has 2 radical (unpaired) electrons. The van der Waals surface area contributed by atoms with E-state index in [1.54, 1.807) is 0 Å². The van der Waals surface area contributed by atoms with Crippen molar-refractivity contribution in [3.05, 3.63) is 19.3 Å². The van der Waals surface area contributed by atoms with Gasteiger partial charge < -0.3 is 4.74 Å². The zero-order valence-corrected chi connectivity index (χ0v) is 3.63. The summed E-state index contributed by atoms with van der Waals surface area (Å²) in [5.41, 5.74) is 0. The van der Waals surface area contributed by atoms with Crippen molar-refractivity contribution in [1.29, 1.82) is 0 Å². The summed E-state index contributed by atoms with van der Waals surface area (Å²) >= 11 is 0. The molecule has 0 fully saturated rings. The van der Waals surface area contributed by atoms with Crippen molar-refractivity contribution in [2.45, 2.75) is 6.10 Å². The van der Waals surface area contributed by atoms with Crippen LogP contribution in [0.1, 0.15) is 0 Å². The van der Waals surface area contributed by atoms with E-state index in [1.165, 1.54) is 12.3 Å². The summed E-state index contributed by atoms with van der Waals surface area (Å²) in [6, 6.07) is 0. The minimum atomic E-state index is -0.736. The predicted octanol–water partition coefficient (Wildman–Crippen LogP) is 0.179. The molecule has 0 saturated heterocycles. The Bertz CT molecular complexity index is 115. The SMILES string of the molecule is [CH]C1OC=CC1=O. The minimum absolute atomic E-state index is 0.167. The third-order valence-electron chi connectivity index (χ3n) is 0.738. The van der Waals surface area contributed by atoms with Gasteiger partial charge in [-0.1, -0.05) is 0 Å². The molecule has 1 unspecified atom stereocenters. The number of carbonyl (C=O) groups is 1. The van der Waals surface area contributed by atoms with Gasteiger partial charge in [0.25, 0.3) is 0 Å². The largest absolute Gasteiger partial charge is 0.489 e. The van der Waals surface area contributed by atoms with Crippen LogP contribution in [0.5, 0.6) is 0 Å². The van der Waals surface area contributed by atoms with Crippen molar-refractivity contribution in [1.82, 2.24) is 0 Å². The molecule has 0 aromatic rings. The van der Waals surface area contributed by atoms with Crippen LogP contribution >= 0.6 is 0 Å². The van der Waals surface area contributed by atoms with Crippen LogP contribution in [0, 0.1) is 6.92 Å². The van der Waals surface area contributed by atoms with E-state index in [0.717, 1.165) is 0 Å². The first kappa shape index (κ1) is 4.37. The molecular weight excluding hydrogens is 92.1 g/mol. The molecule has 1 aliphatic rings. The smallest absolute Gasteiger partial charge is 0.199 e. The van der Waals surface area contributed by atoms with Gasteiger partial charge in [0.2, 0.25) is 0 Å². The normalized spacial score (nSPS) is 28.1. The lowest BCUT2D eigenvalue weighted by molar-refractivity contribution is -0.118. The molecule has 2 nitrogen and oxygen atoms in total. The molecule has 0 bridgehead atoms. The molecule has 0 spiro atoms. The van der Waals surface area contributed by atoms with Gasteiger partial charge in [0, 0.05) is 13.0 Å². The van der Waals surface area contributed by atoms with Gasteiger partial charge >= 0.3 is 0 Å². The lowest BCUT2D eigenvalue weighted by atomic mass is 10.3. The Hall–Kier alpha value is -0.790. The van der Waals surface area contributed by atoms with Gasteiger partial charge in [0.05, 0.1) is 6.26 Å². The molecule has 7 heavy (non-hydrogen) atoms. The van der Waals surface area contributed by atoms with E-state index < -0.39 is 6.10 Å². The first-order valence-corrected chi connectivity index (χ1v) is 1.92. The maximum Gasteiger partial charge on any atom is 0.199 e. The van der Waals surface area contributed by atoms with E-state index >= 15 is 0 Å². The molecule has 0 aromatic heterocycles. The second kappa shape index (κ2) is 1.37. The van der Waals surface area contributed by atoms with Gasteiger partial charge in [-0.3, -0.25) is 4.79 Å². The highest BCUT2D eigenvalue weighted by atomic mass is 16.5. The molecule has 1 rings (SSSR count). The van der Waals surface area contributed by atoms with Crippen LogP contribution in [0.25, 0.3) is 0 Å². The second-order valence-corrected chi connectivity index (χ2v) is 1.26. The fraction of sp³-hybridized carbons (Fsp3) is 0.200. The maximum absolute atomic E-state index is 10.2. The Labute approximate surface area is 41.8 Å². The van der Waals surface area contributed by atoms with Gasteiger partial charge in [-0.2, -0.15) is 0 Å². The molecule has 36 valence electrons. The zero-order chi connectivity index (χ0) is 5.28. The molecule has 1 heterocycles. The second-order valence-electron chi connectivity index (χ2n) is 1.26. The van der Waals surface area contributed by atoms with Crippen molar-refractivity contribution in [3.63, 3.8) is 0 Å². The highest BCUT2D eigenvalue weighted by Crippen LogP contribution is 2.01. The molecule has 0 aromatic carbocycles. The van der Waals surface area contributed by atoms with Gasteiger partial charge in [0.15, 0.2) is 11.9 Å². The Kier molecular flexibility index (Phi) is 0.855. The number of hydrogen-bond acceptors (Lipinski definition) is 2. The fourth-order valence-electron chi connectivity index (χ4n) is 0.353. The summed E-state index contributed by atoms with van der Waals surface area (Å²) in [6.07, 6.45) is 1.87. The average Bonchev–Trinajstić information content (AvgIpc) is 1.91. The van der Waals surface area contributed by atoms with Gasteiger partial charge in [-0.05, 0) is 0 Å². The van der Waals surface area contributed by atoms with Crippen molar-refractivity contribution in [2.75, 3.05) is 0 Å². The summed E-state index contributed by atoms with van der Waals surface area (Å²) in [4.78, 5) is 10.2. The van der Waals surface area contributed by atoms with Crippen LogP contribution in [0.15, 0.2) is 12.3 Å². The number of hydrogen-bond donors (Lipinski definition) is 0. The molecule has 0 N–H and O–H groups in total. The summed E-state index contributed by atoms with van der Waals surface area (Å²) in [6.45, 7) is 5.04. The topological polar surface area (TPSA) is 26.3 Å². The maximum atomic E-state index is 10.2. The van der Waals surface area contributed by atoms with Crippen LogP contribution in [0.2, 0.25) is 0 Å². The van der Waals surface area contributed by atoms with Crippen molar-refractivity contribution >= 4 is 5.78 Å². The fourth-order valence-corrected chi connectivity index (χ4v) is 0.353. The van der Waals surface area contributed by atoms with Crippen LogP contribution < -0.4 is 0 Å². The zero-order valence-electron chi connectivity index (χ0n) is 3.63. The summed E-state index contributed by atoms with van der Waals surface area (Å²) in [5, 5.41) is 0. The van der Waals surface area contributed by atoms with Crippen LogP contribution in [-0.4, -0.2) is 11.9 Å². The number of ketones is 1. The molecule has 0 aliphatic carbocycles. The Balaban J connectivity index is 2.62. The van der Waals surface area contributed by atoms with Crippen molar-refractivity contribution in [3.8, 4) is 0 Å². The van der Waals surface area contributed by atoms with E-state index in [-0.39, 0.29) is 5.78 Å². The van der Waals surface area contributed by atoms with Crippen molar-refractivity contribution < 1.29 is 9.53 Å². The number of rotatable bonds is 0. The summed E-state index contributed by atoms with van der Waals surface area (Å²) in [7, 11) is 0. The van der Waals surface area contributed by atoms with E-state index in [0.29, 0.717) is 0 Å². The predicted molar refractivity (Wildman–Crippen MR) is 23.3 cm³/mol. The third-order valence-corrected chi connectivity index (χ3v) is 0.738. The Morgan fingerprint density at radius 1 is 1.86 bits per heavy atom. The third kappa shape index (κ3) is 0.633. The molecular formula is C5H4O2. The number of ether oxygens (including phenoxy) is 1. The summed E-state index contributed by atoms with van der Waals surface area (Å²) < 4.78 is 4.51. The van der Waals surface area contributed by atoms with E-state index in [1.807, 2.05) is 0 Å². The standard InChI is InChI=1S/C5H4O2/c1-4-5(6)2-3-7-4/h1-4H. The van der Waals surface area contributed by atoms with Gasteiger partial charge in [0.1, 0.15) is 0 Å². The monoisotopic (exact) mass is 96.0 g/mol. The van der Waals surface area contributed by atoms with E-state index in [9.17, 15) is 4.79 Å².